The van der Waals surface area contributed by atoms with Crippen LogP contribution in [0.4, 0.5) is 0 Å². The number of benzene rings is 1. The third-order valence-corrected chi connectivity index (χ3v) is 8.87. The summed E-state index contributed by atoms with van der Waals surface area (Å²) >= 11 is 0. The van der Waals surface area contributed by atoms with E-state index in [0.717, 1.165) is 0 Å². The number of ketones is 2. The quantitative estimate of drug-likeness (QED) is 0.732. The molecule has 5 aliphatic carbocycles. The Bertz CT molecular complexity index is 1190. The van der Waals surface area contributed by atoms with Gasteiger partial charge >= 0.3 is 11.4 Å². The number of hydrogen-bond acceptors (Lipinski definition) is 4. The minimum Gasteiger partial charge on any atom is -0.299 e. The molecule has 2 aromatic rings. The van der Waals surface area contributed by atoms with Gasteiger partial charge in [0.1, 0.15) is 11.6 Å². The molecule has 7 aliphatic rings. The SMILES string of the molecule is O=C1CCC(=O)[C@@]23C4C5[C@H]6[C@H]5[C@H]2n2c(=O)n(-c5ccccc5)c(=O)n2[C@H]6[C@]143. The second kappa shape index (κ2) is 3.41. The molecule has 5 fully saturated rings. The van der Waals surface area contributed by atoms with Gasteiger partial charge in [0.25, 0.3) is 0 Å². The number of hydrogen-bond donors (Lipinski definition) is 0. The van der Waals surface area contributed by atoms with E-state index in [1.165, 1.54) is 4.57 Å². The monoisotopic (exact) mass is 361 g/mol. The molecule has 5 saturated carbocycles. The predicted molar refractivity (Wildman–Crippen MR) is 90.4 cm³/mol. The van der Waals surface area contributed by atoms with Crippen molar-refractivity contribution in [3.8, 4) is 5.69 Å². The van der Waals surface area contributed by atoms with Crippen LogP contribution in [0, 0.1) is 34.5 Å². The first-order chi connectivity index (χ1) is 13.1. The predicted octanol–water partition coefficient (Wildman–Crippen LogP) is 0.320. The molecule has 1 aromatic heterocycles. The van der Waals surface area contributed by atoms with Gasteiger partial charge in [-0.15, -0.1) is 0 Å². The Balaban J connectivity index is 1.50. The molecule has 134 valence electrons. The normalized spacial score (nSPS) is 48.4. The summed E-state index contributed by atoms with van der Waals surface area (Å²) in [6.45, 7) is 0. The van der Waals surface area contributed by atoms with Gasteiger partial charge in [-0.1, -0.05) is 18.2 Å². The first-order valence-corrected chi connectivity index (χ1v) is 9.67. The van der Waals surface area contributed by atoms with E-state index in [0.29, 0.717) is 36.3 Å². The number of aromatic nitrogens is 3. The summed E-state index contributed by atoms with van der Waals surface area (Å²) in [6, 6.07) is 8.30. The van der Waals surface area contributed by atoms with Crippen molar-refractivity contribution < 1.29 is 9.59 Å². The zero-order chi connectivity index (χ0) is 18.0. The Morgan fingerprint density at radius 1 is 0.741 bits per heavy atom. The molecule has 1 aromatic carbocycles. The Morgan fingerprint density at radius 2 is 1.26 bits per heavy atom. The molecule has 7 nitrogen and oxygen atoms in total. The fraction of sp³-hybridized carbons (Fsp3) is 0.500. The number of carbonyl (C=O) groups excluding carboxylic acids is 2. The number of carbonyl (C=O) groups is 2. The van der Waals surface area contributed by atoms with Gasteiger partial charge in [0, 0.05) is 12.8 Å². The van der Waals surface area contributed by atoms with Crippen LogP contribution in [0.5, 0.6) is 0 Å². The van der Waals surface area contributed by atoms with E-state index in [2.05, 4.69) is 0 Å². The van der Waals surface area contributed by atoms with Crippen LogP contribution in [0.15, 0.2) is 39.9 Å². The summed E-state index contributed by atoms with van der Waals surface area (Å²) in [4.78, 5) is 52.8. The first-order valence-electron chi connectivity index (χ1n) is 9.67. The van der Waals surface area contributed by atoms with Crippen LogP contribution in [0.1, 0.15) is 24.9 Å². The summed E-state index contributed by atoms with van der Waals surface area (Å²) in [5.74, 6) is 1.33. The topological polar surface area (TPSA) is 83.1 Å². The highest BCUT2D eigenvalue weighted by atomic mass is 16.2. The maximum Gasteiger partial charge on any atom is 0.352 e. The van der Waals surface area contributed by atoms with Crippen molar-refractivity contribution in [1.29, 1.82) is 0 Å². The fourth-order valence-corrected chi connectivity index (χ4v) is 8.56. The molecule has 27 heavy (non-hydrogen) atoms. The second-order valence-electron chi connectivity index (χ2n) is 9.11. The van der Waals surface area contributed by atoms with Gasteiger partial charge in [0.2, 0.25) is 0 Å². The van der Waals surface area contributed by atoms with E-state index in [-0.39, 0.29) is 40.9 Å². The molecule has 2 aliphatic heterocycles. The van der Waals surface area contributed by atoms with Crippen molar-refractivity contribution >= 4 is 11.6 Å². The van der Waals surface area contributed by atoms with Crippen molar-refractivity contribution in [2.75, 3.05) is 0 Å². The summed E-state index contributed by atoms with van der Waals surface area (Å²) in [7, 11) is 0. The minimum absolute atomic E-state index is 0.0777. The van der Waals surface area contributed by atoms with E-state index >= 15 is 0 Å². The van der Waals surface area contributed by atoms with Crippen molar-refractivity contribution in [2.45, 2.75) is 24.9 Å². The molecule has 7 heteroatoms. The van der Waals surface area contributed by atoms with Gasteiger partial charge < -0.3 is 0 Å². The molecule has 0 saturated heterocycles. The minimum atomic E-state index is -0.684. The highest BCUT2D eigenvalue weighted by Gasteiger charge is 3.07. The number of Topliss-reactive ketones (excluding diaryl/α,β-unsaturated/α-hetero) is 2. The second-order valence-corrected chi connectivity index (χ2v) is 9.11. The van der Waals surface area contributed by atoms with Gasteiger partial charge in [0.15, 0.2) is 0 Å². The van der Waals surface area contributed by atoms with E-state index in [1.54, 1.807) is 33.6 Å². The van der Waals surface area contributed by atoms with Crippen molar-refractivity contribution in [3.63, 3.8) is 0 Å². The maximum absolute atomic E-state index is 13.3. The smallest absolute Gasteiger partial charge is 0.299 e. The van der Waals surface area contributed by atoms with Crippen LogP contribution < -0.4 is 11.4 Å². The average molecular weight is 361 g/mol. The van der Waals surface area contributed by atoms with Gasteiger partial charge in [-0.3, -0.25) is 9.59 Å². The van der Waals surface area contributed by atoms with E-state index in [9.17, 15) is 19.2 Å². The zero-order valence-electron chi connectivity index (χ0n) is 14.2. The van der Waals surface area contributed by atoms with Crippen molar-refractivity contribution in [2.24, 2.45) is 34.5 Å². The lowest BCUT2D eigenvalue weighted by atomic mass is 9.63. The van der Waals surface area contributed by atoms with Crippen molar-refractivity contribution in [3.05, 3.63) is 51.3 Å². The van der Waals surface area contributed by atoms with E-state index in [4.69, 9.17) is 0 Å². The van der Waals surface area contributed by atoms with Crippen LogP contribution in [0.3, 0.4) is 0 Å². The van der Waals surface area contributed by atoms with Crippen molar-refractivity contribution in [1.82, 2.24) is 13.9 Å². The lowest BCUT2D eigenvalue weighted by Crippen LogP contribution is -2.58. The molecule has 9 rings (SSSR count). The lowest BCUT2D eigenvalue weighted by molar-refractivity contribution is -0.149. The molecular formula is C20H15N3O4. The van der Waals surface area contributed by atoms with Crippen LogP contribution in [-0.2, 0) is 9.59 Å². The molecule has 2 spiro atoms. The Morgan fingerprint density at radius 3 is 1.78 bits per heavy atom. The van der Waals surface area contributed by atoms with Crippen LogP contribution in [0.2, 0.25) is 0 Å². The lowest BCUT2D eigenvalue weighted by Gasteiger charge is -2.48. The fourth-order valence-electron chi connectivity index (χ4n) is 8.56. The average Bonchev–Trinajstić information content (AvgIpc) is 3.45. The summed E-state index contributed by atoms with van der Waals surface area (Å²) in [5.41, 5.74) is -1.57. The number of para-hydroxylation sites is 1. The van der Waals surface area contributed by atoms with Crippen LogP contribution >= 0.6 is 0 Å². The molecule has 8 atom stereocenters. The largest absolute Gasteiger partial charge is 0.352 e. The van der Waals surface area contributed by atoms with Gasteiger partial charge in [-0.25, -0.2) is 23.5 Å². The van der Waals surface area contributed by atoms with E-state index < -0.39 is 10.8 Å². The highest BCUT2D eigenvalue weighted by molar-refractivity contribution is 6.10. The third kappa shape index (κ3) is 0.918. The molecular weight excluding hydrogens is 346 g/mol. The molecule has 0 amide bonds. The number of rotatable bonds is 1. The van der Waals surface area contributed by atoms with E-state index in [1.807, 2.05) is 6.07 Å². The molecule has 3 heterocycles. The molecule has 2 unspecified atom stereocenters. The van der Waals surface area contributed by atoms with Crippen LogP contribution in [-0.4, -0.2) is 25.5 Å². The third-order valence-electron chi connectivity index (χ3n) is 8.87. The van der Waals surface area contributed by atoms with Gasteiger partial charge in [-0.2, -0.15) is 0 Å². The molecule has 0 radical (unpaired) electrons. The molecule has 2 bridgehead atoms. The Hall–Kier alpha value is -2.70. The van der Waals surface area contributed by atoms with Gasteiger partial charge in [-0.05, 0) is 35.8 Å². The maximum atomic E-state index is 13.3. The molecule has 0 N–H and O–H groups in total. The Kier molecular flexibility index (Phi) is 1.70. The zero-order valence-corrected chi connectivity index (χ0v) is 14.2. The summed E-state index contributed by atoms with van der Waals surface area (Å²) in [6.07, 6.45) is 0.589. The number of nitrogens with zero attached hydrogens (tertiary/aromatic N) is 3. The summed E-state index contributed by atoms with van der Waals surface area (Å²) in [5, 5.41) is 0. The highest BCUT2D eigenvalue weighted by Crippen LogP contribution is 3.03. The first kappa shape index (κ1) is 13.5. The van der Waals surface area contributed by atoms with Gasteiger partial charge in [0.05, 0.1) is 28.6 Å². The standard InChI is InChI=1S/C20H15N3O4/c24-9-6-7-10(25)20-14-11-12-13(11)16(20)23-18(27)21(8-4-2-1-3-5-8)17(26)22(23)15(12)19(9,14)20/h1-5,11-16H,6-7H2/t11?,12-,13-,14?,15+,16+,19-,20+/m0/s1. The summed E-state index contributed by atoms with van der Waals surface area (Å²) < 4.78 is 4.35. The Labute approximate surface area is 152 Å². The van der Waals surface area contributed by atoms with Crippen LogP contribution in [0.25, 0.3) is 5.69 Å².